The van der Waals surface area contributed by atoms with Crippen LogP contribution in [-0.2, 0) is 19.6 Å². The lowest BCUT2D eigenvalue weighted by atomic mass is 9.81. The molecule has 1 saturated heterocycles. The summed E-state index contributed by atoms with van der Waals surface area (Å²) < 4.78 is 21.8. The van der Waals surface area contributed by atoms with Crippen molar-refractivity contribution in [2.75, 3.05) is 12.3 Å². The highest BCUT2D eigenvalue weighted by Gasteiger charge is 2.41. The highest BCUT2D eigenvalue weighted by atomic mass is 32.2. The van der Waals surface area contributed by atoms with Crippen LogP contribution >= 0.6 is 0 Å². The Kier molecular flexibility index (Phi) is 4.33. The van der Waals surface area contributed by atoms with Crippen LogP contribution in [0.4, 0.5) is 0 Å². The number of primary sulfonamides is 1. The van der Waals surface area contributed by atoms with Crippen LogP contribution in [0.15, 0.2) is 0 Å². The summed E-state index contributed by atoms with van der Waals surface area (Å²) in [6.45, 7) is 3.27. The first-order valence-electron chi connectivity index (χ1n) is 5.66. The number of amides is 1. The van der Waals surface area contributed by atoms with Gasteiger partial charge < -0.3 is 10.0 Å². The van der Waals surface area contributed by atoms with E-state index in [9.17, 15) is 18.0 Å². The predicted octanol–water partition coefficient (Wildman–Crippen LogP) is -0.767. The van der Waals surface area contributed by atoms with Gasteiger partial charge in [-0.05, 0) is 12.8 Å². The summed E-state index contributed by atoms with van der Waals surface area (Å²) >= 11 is 0. The van der Waals surface area contributed by atoms with E-state index < -0.39 is 28.0 Å². The number of hydrogen-bond donors (Lipinski definition) is 2. The number of aliphatic carboxylic acids is 1. The maximum atomic E-state index is 11.8. The second-order valence-electron chi connectivity index (χ2n) is 4.74. The van der Waals surface area contributed by atoms with Gasteiger partial charge in [-0.15, -0.1) is 0 Å². The van der Waals surface area contributed by atoms with Gasteiger partial charge in [-0.2, -0.15) is 0 Å². The van der Waals surface area contributed by atoms with Crippen molar-refractivity contribution in [1.29, 1.82) is 0 Å². The highest BCUT2D eigenvalue weighted by Crippen LogP contribution is 2.29. The second-order valence-corrected chi connectivity index (χ2v) is 6.47. The monoisotopic (exact) mass is 278 g/mol. The van der Waals surface area contributed by atoms with E-state index in [2.05, 4.69) is 0 Å². The van der Waals surface area contributed by atoms with E-state index in [1.165, 1.54) is 4.90 Å². The quantitative estimate of drug-likeness (QED) is 0.700. The number of nitrogens with zero attached hydrogens (tertiary/aromatic N) is 1. The van der Waals surface area contributed by atoms with Gasteiger partial charge in [-0.3, -0.25) is 9.59 Å². The molecule has 1 aliphatic heterocycles. The highest BCUT2D eigenvalue weighted by molar-refractivity contribution is 7.89. The van der Waals surface area contributed by atoms with Crippen LogP contribution in [-0.4, -0.2) is 48.6 Å². The van der Waals surface area contributed by atoms with Gasteiger partial charge in [0.1, 0.15) is 0 Å². The van der Waals surface area contributed by atoms with Gasteiger partial charge in [0.2, 0.25) is 15.9 Å². The van der Waals surface area contributed by atoms with Crippen molar-refractivity contribution >= 4 is 21.9 Å². The van der Waals surface area contributed by atoms with Crippen molar-refractivity contribution in [3.05, 3.63) is 0 Å². The summed E-state index contributed by atoms with van der Waals surface area (Å²) in [6, 6.07) is -0.527. The molecule has 1 amide bonds. The Hall–Kier alpha value is -1.15. The molecule has 3 unspecified atom stereocenters. The van der Waals surface area contributed by atoms with E-state index in [1.807, 2.05) is 0 Å². The Morgan fingerprint density at radius 1 is 1.50 bits per heavy atom. The van der Waals surface area contributed by atoms with Gasteiger partial charge >= 0.3 is 5.97 Å². The Labute approximate surface area is 106 Å². The average Bonchev–Trinajstić information content (AvgIpc) is 2.13. The summed E-state index contributed by atoms with van der Waals surface area (Å²) in [4.78, 5) is 24.2. The predicted molar refractivity (Wildman–Crippen MR) is 64.1 cm³/mol. The maximum absolute atomic E-state index is 11.8. The summed E-state index contributed by atoms with van der Waals surface area (Å²) in [7, 11) is -3.66. The molecular formula is C10H18N2O5S. The van der Waals surface area contributed by atoms with Gasteiger partial charge in [0.15, 0.2) is 0 Å². The molecule has 1 rings (SSSR count). The molecule has 0 radical (unpaired) electrons. The molecule has 3 N–H and O–H groups in total. The molecule has 8 heteroatoms. The number of piperidine rings is 1. The number of carbonyl (C=O) groups is 2. The molecule has 0 aromatic rings. The summed E-state index contributed by atoms with van der Waals surface area (Å²) in [5.41, 5.74) is 0. The lowest BCUT2D eigenvalue weighted by Gasteiger charge is -2.40. The largest absolute Gasteiger partial charge is 0.481 e. The lowest BCUT2D eigenvalue weighted by Crippen LogP contribution is -2.54. The fraction of sp³-hybridized carbons (Fsp3) is 0.800. The van der Waals surface area contributed by atoms with Gasteiger partial charge in [0.25, 0.3) is 0 Å². The van der Waals surface area contributed by atoms with Gasteiger partial charge in [-0.25, -0.2) is 13.6 Å². The summed E-state index contributed by atoms with van der Waals surface area (Å²) in [6.07, 6.45) is 0.117. The number of nitrogens with two attached hydrogens (primary N) is 1. The zero-order chi connectivity index (χ0) is 14.1. The van der Waals surface area contributed by atoms with E-state index in [1.54, 1.807) is 13.8 Å². The van der Waals surface area contributed by atoms with Crippen molar-refractivity contribution in [3.8, 4) is 0 Å². The number of rotatable bonds is 4. The third-order valence-electron chi connectivity index (χ3n) is 3.34. The van der Waals surface area contributed by atoms with Crippen LogP contribution in [0.3, 0.4) is 0 Å². The first kappa shape index (κ1) is 14.9. The number of carboxylic acids is 1. The van der Waals surface area contributed by atoms with Crippen LogP contribution in [0.25, 0.3) is 0 Å². The lowest BCUT2D eigenvalue weighted by molar-refractivity contribution is -0.154. The molecular weight excluding hydrogens is 260 g/mol. The Bertz CT molecular complexity index is 447. The molecule has 0 saturated carbocycles. The molecule has 18 heavy (non-hydrogen) atoms. The zero-order valence-corrected chi connectivity index (χ0v) is 11.2. The van der Waals surface area contributed by atoms with Crippen LogP contribution in [0.2, 0.25) is 0 Å². The SMILES string of the molecule is CC1CC(=O)N(CCS(N)(=O)=O)C(C)C1C(=O)O. The third kappa shape index (κ3) is 3.42. The van der Waals surface area contributed by atoms with Crippen molar-refractivity contribution in [2.45, 2.75) is 26.3 Å². The molecule has 1 heterocycles. The molecule has 7 nitrogen and oxygen atoms in total. The van der Waals surface area contributed by atoms with E-state index in [0.29, 0.717) is 0 Å². The normalized spacial score (nSPS) is 29.4. The van der Waals surface area contributed by atoms with E-state index in [4.69, 9.17) is 10.2 Å². The Morgan fingerprint density at radius 3 is 2.50 bits per heavy atom. The van der Waals surface area contributed by atoms with Crippen molar-refractivity contribution in [2.24, 2.45) is 17.0 Å². The molecule has 3 atom stereocenters. The van der Waals surface area contributed by atoms with Crippen molar-refractivity contribution < 1.29 is 23.1 Å². The molecule has 0 bridgehead atoms. The summed E-state index contributed by atoms with van der Waals surface area (Å²) in [5.74, 6) is -2.48. The molecule has 1 aliphatic rings. The van der Waals surface area contributed by atoms with Crippen LogP contribution in [0.1, 0.15) is 20.3 Å². The zero-order valence-electron chi connectivity index (χ0n) is 10.4. The molecule has 104 valence electrons. The minimum Gasteiger partial charge on any atom is -0.481 e. The molecule has 0 aliphatic carbocycles. The van der Waals surface area contributed by atoms with Crippen molar-refractivity contribution in [3.63, 3.8) is 0 Å². The molecule has 0 aromatic heterocycles. The topological polar surface area (TPSA) is 118 Å². The number of hydrogen-bond acceptors (Lipinski definition) is 4. The van der Waals surface area contributed by atoms with Crippen LogP contribution in [0, 0.1) is 11.8 Å². The van der Waals surface area contributed by atoms with Crippen LogP contribution < -0.4 is 5.14 Å². The molecule has 1 fully saturated rings. The number of carboxylic acid groups (broad SMARTS) is 1. The minimum absolute atomic E-state index is 0.0602. The minimum atomic E-state index is -3.66. The maximum Gasteiger partial charge on any atom is 0.308 e. The van der Waals surface area contributed by atoms with Gasteiger partial charge in [0.05, 0.1) is 11.7 Å². The van der Waals surface area contributed by atoms with Gasteiger partial charge in [-0.1, -0.05) is 6.92 Å². The third-order valence-corrected chi connectivity index (χ3v) is 4.09. The second kappa shape index (κ2) is 5.23. The van der Waals surface area contributed by atoms with E-state index in [0.717, 1.165) is 0 Å². The van der Waals surface area contributed by atoms with Gasteiger partial charge in [0, 0.05) is 19.0 Å². The standard InChI is InChI=1S/C10H18N2O5S/c1-6-5-8(13)12(3-4-18(11,16)17)7(2)9(6)10(14)15/h6-7,9H,3-5H2,1-2H3,(H,14,15)(H2,11,16,17). The number of sulfonamides is 1. The average molecular weight is 278 g/mol. The Balaban J connectivity index is 2.83. The van der Waals surface area contributed by atoms with Crippen LogP contribution in [0.5, 0.6) is 0 Å². The smallest absolute Gasteiger partial charge is 0.308 e. The summed E-state index contributed by atoms with van der Waals surface area (Å²) in [5, 5.41) is 14.0. The number of likely N-dealkylation sites (tertiary alicyclic amines) is 1. The fourth-order valence-electron chi connectivity index (χ4n) is 2.42. The molecule has 0 spiro atoms. The van der Waals surface area contributed by atoms with E-state index in [-0.39, 0.29) is 30.5 Å². The van der Waals surface area contributed by atoms with Crippen molar-refractivity contribution in [1.82, 2.24) is 4.90 Å². The Morgan fingerprint density at radius 2 is 2.06 bits per heavy atom. The van der Waals surface area contributed by atoms with E-state index >= 15 is 0 Å². The number of carbonyl (C=O) groups excluding carboxylic acids is 1. The molecule has 0 aromatic carbocycles. The fourth-order valence-corrected chi connectivity index (χ4v) is 2.87. The first-order chi connectivity index (χ1) is 8.13. The first-order valence-corrected chi connectivity index (χ1v) is 7.37.